The average Bonchev–Trinajstić information content (AvgIpc) is 3.21. The second kappa shape index (κ2) is 11.2. The van der Waals surface area contributed by atoms with Gasteiger partial charge < -0.3 is 19.6 Å². The zero-order valence-electron chi connectivity index (χ0n) is 22.4. The van der Waals surface area contributed by atoms with Gasteiger partial charge in [-0.2, -0.15) is 4.68 Å². The number of hydrogen-bond acceptors (Lipinski definition) is 7. The van der Waals surface area contributed by atoms with Crippen molar-refractivity contribution in [3.05, 3.63) is 60.9 Å². The SMILES string of the molecule is CNn1c(=O)c2c(C)c(C#C[Si](C)(C)C)sc2n(C=C(OC2CCOCC2)c2cc(F)ccc2OC)c1=O. The van der Waals surface area contributed by atoms with Crippen molar-refractivity contribution >= 4 is 41.6 Å². The predicted molar refractivity (Wildman–Crippen MR) is 153 cm³/mol. The minimum Gasteiger partial charge on any atom is -0.496 e. The molecule has 4 rings (SSSR count). The smallest absolute Gasteiger partial charge is 0.355 e. The van der Waals surface area contributed by atoms with Gasteiger partial charge in [0, 0.05) is 19.9 Å². The second-order valence-electron chi connectivity index (χ2n) is 10.0. The lowest BCUT2D eigenvalue weighted by molar-refractivity contribution is 0.0139. The minimum atomic E-state index is -1.69. The summed E-state index contributed by atoms with van der Waals surface area (Å²) in [6, 6.07) is 4.12. The third-order valence-corrected chi connectivity index (χ3v) is 8.15. The monoisotopic (exact) mass is 557 g/mol. The Kier molecular flexibility index (Phi) is 8.15. The third kappa shape index (κ3) is 5.72. The van der Waals surface area contributed by atoms with Crippen molar-refractivity contribution in [3.63, 3.8) is 0 Å². The highest BCUT2D eigenvalue weighted by atomic mass is 32.1. The summed E-state index contributed by atoms with van der Waals surface area (Å²) in [4.78, 5) is 28.0. The quantitative estimate of drug-likeness (QED) is 0.277. The topological polar surface area (TPSA) is 83.7 Å². The highest BCUT2D eigenvalue weighted by molar-refractivity contribution is 7.19. The molecule has 0 amide bonds. The number of nitrogens with zero attached hydrogens (tertiary/aromatic N) is 2. The van der Waals surface area contributed by atoms with Crippen LogP contribution in [0.4, 0.5) is 4.39 Å². The number of fused-ring (bicyclic) bond motifs is 1. The van der Waals surface area contributed by atoms with Crippen molar-refractivity contribution in [1.82, 2.24) is 9.24 Å². The van der Waals surface area contributed by atoms with E-state index in [9.17, 15) is 14.0 Å². The van der Waals surface area contributed by atoms with E-state index >= 15 is 0 Å². The third-order valence-electron chi connectivity index (χ3n) is 6.07. The summed E-state index contributed by atoms with van der Waals surface area (Å²) in [6.07, 6.45) is 2.59. The normalized spacial score (nSPS) is 14.8. The van der Waals surface area contributed by atoms with Gasteiger partial charge in [-0.25, -0.2) is 9.18 Å². The lowest BCUT2D eigenvalue weighted by Gasteiger charge is -2.25. The molecule has 1 aliphatic rings. The molecule has 0 aliphatic carbocycles. The van der Waals surface area contributed by atoms with Crippen LogP contribution in [0.25, 0.3) is 22.2 Å². The fourth-order valence-electron chi connectivity index (χ4n) is 4.11. The maximum absolute atomic E-state index is 14.4. The second-order valence-corrected chi connectivity index (χ2v) is 15.8. The summed E-state index contributed by atoms with van der Waals surface area (Å²) in [5.74, 6) is 3.40. The van der Waals surface area contributed by atoms with Crippen molar-refractivity contribution in [3.8, 4) is 17.2 Å². The Labute approximate surface area is 225 Å². The molecule has 38 heavy (non-hydrogen) atoms. The van der Waals surface area contributed by atoms with E-state index in [-0.39, 0.29) is 11.9 Å². The average molecular weight is 558 g/mol. The van der Waals surface area contributed by atoms with Crippen LogP contribution in [-0.4, -0.2) is 50.8 Å². The Morgan fingerprint density at radius 3 is 2.61 bits per heavy atom. The van der Waals surface area contributed by atoms with Crippen molar-refractivity contribution in [2.45, 2.75) is 45.5 Å². The van der Waals surface area contributed by atoms with Crippen molar-refractivity contribution in [2.24, 2.45) is 0 Å². The summed E-state index contributed by atoms with van der Waals surface area (Å²) >= 11 is 1.28. The van der Waals surface area contributed by atoms with E-state index in [0.717, 1.165) is 9.55 Å². The van der Waals surface area contributed by atoms with Gasteiger partial charge in [-0.15, -0.1) is 16.9 Å². The van der Waals surface area contributed by atoms with Crippen LogP contribution in [0.1, 0.15) is 28.8 Å². The molecule has 1 saturated heterocycles. The molecular weight excluding hydrogens is 525 g/mol. The molecule has 0 saturated carbocycles. The van der Waals surface area contributed by atoms with E-state index in [1.165, 1.54) is 54.5 Å². The number of benzene rings is 1. The molecule has 2 aromatic heterocycles. The Hall–Kier alpha value is -3.33. The number of aryl methyl sites for hydroxylation is 1. The first-order chi connectivity index (χ1) is 18.0. The number of aromatic nitrogens is 2. The minimum absolute atomic E-state index is 0.201. The molecule has 8 nitrogen and oxygen atoms in total. The van der Waals surface area contributed by atoms with Crippen LogP contribution in [0.2, 0.25) is 19.6 Å². The van der Waals surface area contributed by atoms with Crippen molar-refractivity contribution < 1.29 is 18.6 Å². The molecule has 1 aromatic carbocycles. The summed E-state index contributed by atoms with van der Waals surface area (Å²) in [7, 11) is 1.30. The van der Waals surface area contributed by atoms with Crippen LogP contribution in [0.3, 0.4) is 0 Å². The summed E-state index contributed by atoms with van der Waals surface area (Å²) in [6.45, 7) is 9.33. The Balaban J connectivity index is 2.02. The van der Waals surface area contributed by atoms with Gasteiger partial charge in [0.05, 0.1) is 42.4 Å². The highest BCUT2D eigenvalue weighted by Crippen LogP contribution is 2.33. The van der Waals surface area contributed by atoms with Crippen LogP contribution in [0, 0.1) is 24.2 Å². The van der Waals surface area contributed by atoms with Gasteiger partial charge in [-0.1, -0.05) is 25.6 Å². The van der Waals surface area contributed by atoms with Gasteiger partial charge in [-0.3, -0.25) is 9.36 Å². The van der Waals surface area contributed by atoms with E-state index in [1.54, 1.807) is 0 Å². The molecule has 202 valence electrons. The Morgan fingerprint density at radius 2 is 1.97 bits per heavy atom. The van der Waals surface area contributed by atoms with Crippen LogP contribution < -0.4 is 21.4 Å². The standard InChI is InChI=1S/C27H32FN3O5SSi/c1-17-23(11-14-38(4,5)6)37-26-24(17)25(32)31(29-2)27(33)30(26)16-22(36-19-9-12-35-13-10-19)20-15-18(28)7-8-21(20)34-3/h7-8,15-16,19,29H,9-10,12-13H2,1-6H3. The lowest BCUT2D eigenvalue weighted by atomic mass is 10.1. The molecule has 0 bridgehead atoms. The van der Waals surface area contributed by atoms with Gasteiger partial charge >= 0.3 is 5.69 Å². The molecular formula is C27H32FN3O5SSi. The van der Waals surface area contributed by atoms with Gasteiger partial charge in [0.2, 0.25) is 0 Å². The first-order valence-electron chi connectivity index (χ1n) is 12.4. The van der Waals surface area contributed by atoms with Gasteiger partial charge in [0.25, 0.3) is 5.56 Å². The van der Waals surface area contributed by atoms with Crippen LogP contribution in [-0.2, 0) is 9.47 Å². The molecule has 3 aromatic rings. The zero-order valence-corrected chi connectivity index (χ0v) is 24.3. The molecule has 0 unspecified atom stereocenters. The van der Waals surface area contributed by atoms with Gasteiger partial charge in [-0.05, 0) is 30.7 Å². The summed E-state index contributed by atoms with van der Waals surface area (Å²) in [5.41, 5.74) is 6.03. The number of methoxy groups -OCH3 is 1. The molecule has 11 heteroatoms. The van der Waals surface area contributed by atoms with Crippen LogP contribution >= 0.6 is 11.3 Å². The molecule has 1 aliphatic heterocycles. The number of thiophene rings is 1. The number of ether oxygens (including phenoxy) is 3. The fraction of sp³-hybridized carbons (Fsp3) is 0.407. The predicted octanol–water partition coefficient (Wildman–Crippen LogP) is 4.23. The lowest BCUT2D eigenvalue weighted by Crippen LogP contribution is -2.42. The van der Waals surface area contributed by atoms with Crippen LogP contribution in [0.15, 0.2) is 27.8 Å². The van der Waals surface area contributed by atoms with Gasteiger partial charge in [0.15, 0.2) is 0 Å². The van der Waals surface area contributed by atoms with E-state index in [0.29, 0.717) is 53.1 Å². The van der Waals surface area contributed by atoms with E-state index in [2.05, 4.69) is 36.5 Å². The maximum Gasteiger partial charge on any atom is 0.355 e. The summed E-state index contributed by atoms with van der Waals surface area (Å²) in [5, 5.41) is 0.386. The molecule has 0 atom stereocenters. The Bertz CT molecular complexity index is 1570. The maximum atomic E-state index is 14.4. The largest absolute Gasteiger partial charge is 0.496 e. The number of halogens is 1. The first-order valence-corrected chi connectivity index (χ1v) is 16.7. The zero-order chi connectivity index (χ0) is 27.6. The fourth-order valence-corrected chi connectivity index (χ4v) is 5.83. The molecule has 0 spiro atoms. The van der Waals surface area contributed by atoms with Crippen molar-refractivity contribution in [2.75, 3.05) is 32.8 Å². The van der Waals surface area contributed by atoms with E-state index in [1.807, 2.05) is 6.92 Å². The molecule has 3 heterocycles. The number of rotatable bonds is 6. The number of nitrogens with one attached hydrogen (secondary N) is 1. The van der Waals surface area contributed by atoms with E-state index in [4.69, 9.17) is 14.2 Å². The number of hydrogen-bond donors (Lipinski definition) is 1. The molecule has 0 radical (unpaired) electrons. The van der Waals surface area contributed by atoms with Crippen molar-refractivity contribution in [1.29, 1.82) is 0 Å². The first kappa shape index (κ1) is 27.7. The Morgan fingerprint density at radius 1 is 1.26 bits per heavy atom. The van der Waals surface area contributed by atoms with E-state index < -0.39 is 25.1 Å². The highest BCUT2D eigenvalue weighted by Gasteiger charge is 2.23. The molecule has 1 fully saturated rings. The molecule has 1 N–H and O–H groups in total. The van der Waals surface area contributed by atoms with Crippen LogP contribution in [0.5, 0.6) is 5.75 Å². The van der Waals surface area contributed by atoms with Gasteiger partial charge in [0.1, 0.15) is 36.3 Å². The summed E-state index contributed by atoms with van der Waals surface area (Å²) < 4.78 is 34.0.